The molecule has 1 heterocycles. The van der Waals surface area contributed by atoms with E-state index in [4.69, 9.17) is 14.2 Å². The number of aliphatic hydroxyl groups excluding tert-OH is 5. The SMILES string of the molecule is CC/C=C\C/C=C\C/C=C\C/C=C\C/C=C\CCCCCCC(O)C(=O)NC(COC1OC(CO)C(O)C(O)C1OC(=O)CCCCCCC/C=C\CCCC)C(O)/C=C/CCCCCCCCCCCC. The van der Waals surface area contributed by atoms with Crippen LogP contribution in [-0.2, 0) is 23.8 Å². The molecule has 1 fully saturated rings. The van der Waals surface area contributed by atoms with Gasteiger partial charge in [0.05, 0.1) is 25.4 Å². The maximum absolute atomic E-state index is 13.4. The van der Waals surface area contributed by atoms with Crippen LogP contribution in [0.3, 0.4) is 0 Å². The molecule has 0 saturated carbocycles. The molecule has 1 aliphatic heterocycles. The fourth-order valence-corrected chi connectivity index (χ4v) is 8.42. The van der Waals surface area contributed by atoms with Gasteiger partial charge in [-0.1, -0.05) is 215 Å². The third kappa shape index (κ3) is 36.7. The van der Waals surface area contributed by atoms with E-state index >= 15 is 0 Å². The number of nitrogens with one attached hydrogen (secondary N) is 1. The molecule has 8 unspecified atom stereocenters. The van der Waals surface area contributed by atoms with Crippen molar-refractivity contribution in [3.63, 3.8) is 0 Å². The van der Waals surface area contributed by atoms with E-state index in [2.05, 4.69) is 99.0 Å². The number of amides is 1. The van der Waals surface area contributed by atoms with Crippen LogP contribution in [0.4, 0.5) is 0 Å². The molecule has 1 saturated heterocycles. The molecule has 414 valence electrons. The lowest BCUT2D eigenvalue weighted by molar-refractivity contribution is -0.305. The first kappa shape index (κ1) is 66.9. The van der Waals surface area contributed by atoms with Crippen LogP contribution in [0.15, 0.2) is 85.1 Å². The Kier molecular flexibility index (Phi) is 45.3. The lowest BCUT2D eigenvalue weighted by atomic mass is 9.99. The van der Waals surface area contributed by atoms with Crippen molar-refractivity contribution >= 4 is 11.9 Å². The van der Waals surface area contributed by atoms with Gasteiger partial charge < -0.3 is 45.1 Å². The van der Waals surface area contributed by atoms with Gasteiger partial charge in [0.25, 0.3) is 0 Å². The first-order chi connectivity index (χ1) is 35.2. The quantitative estimate of drug-likeness (QED) is 0.0196. The topological polar surface area (TPSA) is 175 Å². The Morgan fingerprint density at radius 1 is 0.556 bits per heavy atom. The molecule has 0 aromatic heterocycles. The van der Waals surface area contributed by atoms with Crippen LogP contribution in [0.1, 0.15) is 226 Å². The highest BCUT2D eigenvalue weighted by atomic mass is 16.7. The maximum Gasteiger partial charge on any atom is 0.306 e. The third-order valence-corrected chi connectivity index (χ3v) is 13.0. The van der Waals surface area contributed by atoms with Gasteiger partial charge in [-0.3, -0.25) is 9.59 Å². The van der Waals surface area contributed by atoms with E-state index in [1.807, 2.05) is 6.08 Å². The smallest absolute Gasteiger partial charge is 0.306 e. The zero-order valence-corrected chi connectivity index (χ0v) is 45.5. The van der Waals surface area contributed by atoms with Crippen molar-refractivity contribution in [1.29, 1.82) is 0 Å². The van der Waals surface area contributed by atoms with Crippen molar-refractivity contribution in [3.05, 3.63) is 85.1 Å². The number of ether oxygens (including phenoxy) is 3. The molecule has 8 atom stereocenters. The number of rotatable bonds is 47. The predicted molar refractivity (Wildman–Crippen MR) is 296 cm³/mol. The van der Waals surface area contributed by atoms with Gasteiger partial charge in [-0.15, -0.1) is 0 Å². The van der Waals surface area contributed by atoms with E-state index in [0.717, 1.165) is 116 Å². The van der Waals surface area contributed by atoms with Crippen LogP contribution in [0, 0.1) is 0 Å². The zero-order chi connectivity index (χ0) is 52.5. The minimum Gasteiger partial charge on any atom is -0.454 e. The van der Waals surface area contributed by atoms with Crippen molar-refractivity contribution < 1.29 is 49.3 Å². The Morgan fingerprint density at radius 3 is 1.56 bits per heavy atom. The fourth-order valence-electron chi connectivity index (χ4n) is 8.42. The lowest BCUT2D eigenvalue weighted by Crippen LogP contribution is -2.61. The van der Waals surface area contributed by atoms with Crippen molar-refractivity contribution in [3.8, 4) is 0 Å². The molecule has 0 radical (unpaired) electrons. The molecule has 1 aliphatic rings. The predicted octanol–water partition coefficient (Wildman–Crippen LogP) is 13.0. The molecule has 11 heteroatoms. The Labute approximate surface area is 438 Å². The van der Waals surface area contributed by atoms with E-state index in [1.165, 1.54) is 64.2 Å². The van der Waals surface area contributed by atoms with Crippen LogP contribution in [-0.4, -0.2) is 99.6 Å². The summed E-state index contributed by atoms with van der Waals surface area (Å²) in [7, 11) is 0. The van der Waals surface area contributed by atoms with Crippen LogP contribution in [0.25, 0.3) is 0 Å². The summed E-state index contributed by atoms with van der Waals surface area (Å²) in [6.07, 6.45) is 52.0. The highest BCUT2D eigenvalue weighted by Crippen LogP contribution is 2.26. The van der Waals surface area contributed by atoms with Crippen molar-refractivity contribution in [1.82, 2.24) is 5.32 Å². The number of hydrogen-bond donors (Lipinski definition) is 6. The van der Waals surface area contributed by atoms with Crippen LogP contribution >= 0.6 is 0 Å². The fraction of sp³-hybridized carbons (Fsp3) is 0.738. The molecular weight excluding hydrogens is 907 g/mol. The Morgan fingerprint density at radius 2 is 1.01 bits per heavy atom. The highest BCUT2D eigenvalue weighted by Gasteiger charge is 2.47. The molecule has 0 aromatic rings. The molecule has 1 amide bonds. The largest absolute Gasteiger partial charge is 0.454 e. The third-order valence-electron chi connectivity index (χ3n) is 13.0. The summed E-state index contributed by atoms with van der Waals surface area (Å²) < 4.78 is 17.5. The van der Waals surface area contributed by atoms with E-state index in [0.29, 0.717) is 12.8 Å². The second-order valence-electron chi connectivity index (χ2n) is 19.6. The number of carbonyl (C=O) groups is 2. The summed E-state index contributed by atoms with van der Waals surface area (Å²) >= 11 is 0. The van der Waals surface area contributed by atoms with Gasteiger partial charge in [-0.25, -0.2) is 0 Å². The van der Waals surface area contributed by atoms with Gasteiger partial charge in [0.15, 0.2) is 12.4 Å². The molecule has 11 nitrogen and oxygen atoms in total. The lowest BCUT2D eigenvalue weighted by Gasteiger charge is -2.41. The van der Waals surface area contributed by atoms with Crippen LogP contribution < -0.4 is 5.32 Å². The summed E-state index contributed by atoms with van der Waals surface area (Å²) in [5.41, 5.74) is 0. The zero-order valence-electron chi connectivity index (χ0n) is 45.5. The molecular formula is C61H105NO10. The highest BCUT2D eigenvalue weighted by molar-refractivity contribution is 5.80. The van der Waals surface area contributed by atoms with Gasteiger partial charge >= 0.3 is 5.97 Å². The molecule has 0 aliphatic carbocycles. The van der Waals surface area contributed by atoms with Gasteiger partial charge in [0.2, 0.25) is 5.91 Å². The molecule has 6 N–H and O–H groups in total. The number of esters is 1. The standard InChI is InChI=1S/C61H105NO10/c1-4-7-10-13-16-19-22-24-25-26-27-28-29-30-31-34-36-39-42-45-48-54(65)60(69)62-52(53(64)47-44-41-38-35-33-23-20-17-14-11-8-5-2)51-70-61-59(58(68)57(67)55(50-63)71-61)72-56(66)49-46-43-40-37-32-21-18-15-12-9-6-3/h7,10,15-16,18-19,24-25,27-28,30-31,44,47,52-55,57-59,61,63-65,67-68H,4-6,8-9,11-14,17,20-23,26,29,32-43,45-46,48-51H2,1-3H3,(H,62,69)/b10-7-,18-15-,19-16-,25-24-,28-27-,31-30-,47-44+. The number of hydrogen-bond acceptors (Lipinski definition) is 10. The normalized spacial score (nSPS) is 20.1. The van der Waals surface area contributed by atoms with Gasteiger partial charge in [0, 0.05) is 6.42 Å². The van der Waals surface area contributed by atoms with Crippen molar-refractivity contribution in [2.45, 2.75) is 275 Å². The molecule has 0 aromatic carbocycles. The Bertz CT molecular complexity index is 1490. The van der Waals surface area contributed by atoms with Gasteiger partial charge in [-0.05, 0) is 89.9 Å². The van der Waals surface area contributed by atoms with Gasteiger partial charge in [-0.2, -0.15) is 0 Å². The summed E-state index contributed by atoms with van der Waals surface area (Å²) in [6, 6.07) is -1.04. The number of allylic oxidation sites excluding steroid dienone is 13. The van der Waals surface area contributed by atoms with E-state index in [9.17, 15) is 35.1 Å². The molecule has 1 rings (SSSR count). The van der Waals surface area contributed by atoms with Crippen LogP contribution in [0.2, 0.25) is 0 Å². The molecule has 0 spiro atoms. The van der Waals surface area contributed by atoms with E-state index in [1.54, 1.807) is 6.08 Å². The summed E-state index contributed by atoms with van der Waals surface area (Å²) in [5, 5.41) is 56.8. The first-order valence-corrected chi connectivity index (χ1v) is 28.9. The Hall–Kier alpha value is -3.16. The molecule has 0 bridgehead atoms. The average molecular weight is 1010 g/mol. The number of aliphatic hydroxyl groups is 5. The minimum absolute atomic E-state index is 0.107. The maximum atomic E-state index is 13.4. The first-order valence-electron chi connectivity index (χ1n) is 28.9. The van der Waals surface area contributed by atoms with Crippen molar-refractivity contribution in [2.24, 2.45) is 0 Å². The molecule has 72 heavy (non-hydrogen) atoms. The number of carbonyl (C=O) groups excluding carboxylic acids is 2. The van der Waals surface area contributed by atoms with E-state index in [-0.39, 0.29) is 19.4 Å². The van der Waals surface area contributed by atoms with Crippen molar-refractivity contribution in [2.75, 3.05) is 13.2 Å². The van der Waals surface area contributed by atoms with Gasteiger partial charge in [0.1, 0.15) is 24.4 Å². The second kappa shape index (κ2) is 48.8. The average Bonchev–Trinajstić information content (AvgIpc) is 3.38. The second-order valence-corrected chi connectivity index (χ2v) is 19.6. The minimum atomic E-state index is -1.62. The number of unbranched alkanes of at least 4 members (excludes halogenated alkanes) is 21. The van der Waals surface area contributed by atoms with E-state index < -0.39 is 67.4 Å². The monoisotopic (exact) mass is 1010 g/mol. The van der Waals surface area contributed by atoms with Crippen LogP contribution in [0.5, 0.6) is 0 Å². The summed E-state index contributed by atoms with van der Waals surface area (Å²) in [6.45, 7) is 5.59. The Balaban J connectivity index is 2.73. The summed E-state index contributed by atoms with van der Waals surface area (Å²) in [5.74, 6) is -1.23. The summed E-state index contributed by atoms with van der Waals surface area (Å²) in [4.78, 5) is 26.4.